The Kier molecular flexibility index (Phi) is 8.86. The molecule has 0 radical (unpaired) electrons. The minimum Gasteiger partial charge on any atom is -0.166 e. The predicted molar refractivity (Wildman–Crippen MR) is 93.9 cm³/mol. The van der Waals surface area contributed by atoms with Gasteiger partial charge in [0.1, 0.15) is 0 Å². The van der Waals surface area contributed by atoms with Crippen molar-refractivity contribution in [1.29, 1.82) is 0 Å². The van der Waals surface area contributed by atoms with E-state index in [1.54, 1.807) is 0 Å². The topological polar surface area (TPSA) is 0 Å². The maximum atomic E-state index is 12.6. The van der Waals surface area contributed by atoms with E-state index < -0.39 is 11.7 Å². The van der Waals surface area contributed by atoms with Crippen LogP contribution in [0.1, 0.15) is 18.1 Å². The second kappa shape index (κ2) is 9.13. The summed E-state index contributed by atoms with van der Waals surface area (Å²) in [5.74, 6) is 0. The van der Waals surface area contributed by atoms with Gasteiger partial charge in [-0.2, -0.15) is 19.2 Å². The summed E-state index contributed by atoms with van der Waals surface area (Å²) in [4.78, 5) is 0. The molecular weight excluding hydrogens is 435 g/mol. The van der Waals surface area contributed by atoms with E-state index in [1.807, 2.05) is 18.2 Å². The number of halogens is 5. The van der Waals surface area contributed by atoms with E-state index in [0.29, 0.717) is 0 Å². The van der Waals surface area contributed by atoms with Crippen molar-refractivity contribution >= 4 is 35.6 Å². The summed E-state index contributed by atoms with van der Waals surface area (Å²) in [6.45, 7) is 2.09. The van der Waals surface area contributed by atoms with Crippen molar-refractivity contribution in [2.45, 2.75) is 19.5 Å². The largest absolute Gasteiger partial charge is 0.416 e. The molecule has 128 valence electrons. The summed E-state index contributed by atoms with van der Waals surface area (Å²) < 4.78 is 37.9. The van der Waals surface area contributed by atoms with Gasteiger partial charge in [0.05, 0.1) is 5.56 Å². The van der Waals surface area contributed by atoms with E-state index in [2.05, 4.69) is 19.1 Å². The third kappa shape index (κ3) is 4.68. The first-order valence-corrected chi connectivity index (χ1v) is 6.85. The molecule has 0 aliphatic rings. The summed E-state index contributed by atoms with van der Waals surface area (Å²) >= 11 is 0. The Morgan fingerprint density at radius 3 is 2.12 bits per heavy atom. The Hall–Kier alpha value is -0.697. The molecule has 3 aromatic rings. The first kappa shape index (κ1) is 23.3. The molecule has 0 amide bonds. The fraction of sp³-hybridized carbons (Fsp3) is 0.167. The molecule has 0 saturated heterocycles. The fourth-order valence-electron chi connectivity index (χ4n) is 2.59. The van der Waals surface area contributed by atoms with Gasteiger partial charge in [-0.25, -0.2) is 0 Å². The van der Waals surface area contributed by atoms with Crippen molar-refractivity contribution < 1.29 is 39.4 Å². The summed E-state index contributed by atoms with van der Waals surface area (Å²) in [7, 11) is 0. The first-order valence-electron chi connectivity index (χ1n) is 6.85. The molecule has 0 bridgehead atoms. The molecule has 0 unspecified atom stereocenters. The molecule has 0 aliphatic heterocycles. The van der Waals surface area contributed by atoms with Crippen LogP contribution >= 0.6 is 24.8 Å². The molecule has 24 heavy (non-hydrogen) atoms. The van der Waals surface area contributed by atoms with Crippen LogP contribution in [0, 0.1) is 0 Å². The predicted octanol–water partition coefficient (Wildman–Crippen LogP) is 6.65. The third-order valence-electron chi connectivity index (χ3n) is 3.74. The molecular formula is C18H16Cl2F3Zr-. The van der Waals surface area contributed by atoms with Crippen LogP contribution in [0.4, 0.5) is 13.2 Å². The monoisotopic (exact) mass is 449 g/mol. The molecule has 0 fully saturated rings. The van der Waals surface area contributed by atoms with Crippen LogP contribution in [0.2, 0.25) is 0 Å². The van der Waals surface area contributed by atoms with Gasteiger partial charge in [0.15, 0.2) is 0 Å². The molecule has 0 N–H and O–H groups in total. The van der Waals surface area contributed by atoms with E-state index in [1.165, 1.54) is 17.7 Å². The van der Waals surface area contributed by atoms with Crippen LogP contribution in [0.15, 0.2) is 54.6 Å². The maximum Gasteiger partial charge on any atom is 0.416 e. The van der Waals surface area contributed by atoms with Crippen molar-refractivity contribution in [3.63, 3.8) is 0 Å². The Morgan fingerprint density at radius 1 is 0.958 bits per heavy atom. The van der Waals surface area contributed by atoms with Crippen molar-refractivity contribution in [2.75, 3.05) is 0 Å². The maximum absolute atomic E-state index is 12.6. The second-order valence-corrected chi connectivity index (χ2v) is 5.10. The minimum absolute atomic E-state index is 0. The van der Waals surface area contributed by atoms with Crippen LogP contribution < -0.4 is 0 Å². The molecule has 0 nitrogen and oxygen atoms in total. The van der Waals surface area contributed by atoms with Gasteiger partial charge in [0.25, 0.3) is 0 Å². The van der Waals surface area contributed by atoms with Crippen LogP contribution in [-0.2, 0) is 38.8 Å². The second-order valence-electron chi connectivity index (χ2n) is 5.10. The fourth-order valence-corrected chi connectivity index (χ4v) is 2.59. The zero-order chi connectivity index (χ0) is 15.0. The molecule has 0 spiro atoms. The van der Waals surface area contributed by atoms with E-state index in [-0.39, 0.29) is 51.0 Å². The van der Waals surface area contributed by atoms with Crippen LogP contribution in [0.25, 0.3) is 21.9 Å². The van der Waals surface area contributed by atoms with E-state index >= 15 is 0 Å². The molecule has 0 saturated carbocycles. The molecule has 0 heterocycles. The molecule has 0 aliphatic carbocycles. The summed E-state index contributed by atoms with van der Waals surface area (Å²) in [6.07, 6.45) is -3.35. The molecule has 0 atom stereocenters. The Labute approximate surface area is 170 Å². The molecule has 3 aromatic carbocycles. The third-order valence-corrected chi connectivity index (χ3v) is 3.74. The Balaban J connectivity index is 0.00000176. The van der Waals surface area contributed by atoms with Crippen LogP contribution in [0.3, 0.4) is 0 Å². The molecule has 3 rings (SSSR count). The standard InChI is InChI=1S/C18H14F3.2ClH.Zr/c1-2-12-10-14-4-3-5-16(17(14)11-12)13-6-8-15(9-7-13)18(19,20)21;;;/h3-11H,2H2,1H3;2*1H;/q-1;;;. The zero-order valence-corrected chi connectivity index (χ0v) is 16.9. The number of benzene rings is 2. The smallest absolute Gasteiger partial charge is 0.166 e. The van der Waals surface area contributed by atoms with Crippen molar-refractivity contribution in [2.24, 2.45) is 0 Å². The van der Waals surface area contributed by atoms with Crippen LogP contribution in [-0.4, -0.2) is 0 Å². The van der Waals surface area contributed by atoms with E-state index in [4.69, 9.17) is 0 Å². The zero-order valence-electron chi connectivity index (χ0n) is 12.9. The van der Waals surface area contributed by atoms with Crippen molar-refractivity contribution in [3.05, 3.63) is 65.7 Å². The SMILES string of the molecule is CCc1cc2c(-c3ccc(C(F)(F)F)cc3)cccc2[cH-]1.Cl.Cl.[Zr]. The minimum atomic E-state index is -4.29. The summed E-state index contributed by atoms with van der Waals surface area (Å²) in [6, 6.07) is 15.5. The average Bonchev–Trinajstić information content (AvgIpc) is 2.89. The number of hydrogen-bond donors (Lipinski definition) is 0. The normalized spacial score (nSPS) is 10.5. The summed E-state index contributed by atoms with van der Waals surface area (Å²) in [5, 5.41) is 2.22. The quantitative estimate of drug-likeness (QED) is 0.383. The van der Waals surface area contributed by atoms with Crippen molar-refractivity contribution in [3.8, 4) is 11.1 Å². The van der Waals surface area contributed by atoms with Gasteiger partial charge in [-0.05, 0) is 24.1 Å². The first-order chi connectivity index (χ1) is 9.99. The number of hydrogen-bond acceptors (Lipinski definition) is 0. The molecule has 0 aromatic heterocycles. The van der Waals surface area contributed by atoms with Gasteiger partial charge in [-0.3, -0.25) is 0 Å². The van der Waals surface area contributed by atoms with Gasteiger partial charge >= 0.3 is 6.18 Å². The molecule has 6 heteroatoms. The van der Waals surface area contributed by atoms with Gasteiger partial charge < -0.3 is 0 Å². The van der Waals surface area contributed by atoms with Gasteiger partial charge in [-0.15, -0.1) is 59.3 Å². The van der Waals surface area contributed by atoms with Gasteiger partial charge in [-0.1, -0.05) is 30.7 Å². The number of rotatable bonds is 2. The van der Waals surface area contributed by atoms with Gasteiger partial charge in [0, 0.05) is 26.2 Å². The Bertz CT molecular complexity index is 777. The van der Waals surface area contributed by atoms with Gasteiger partial charge in [0.2, 0.25) is 0 Å². The van der Waals surface area contributed by atoms with E-state index in [9.17, 15) is 13.2 Å². The van der Waals surface area contributed by atoms with Crippen LogP contribution in [0.5, 0.6) is 0 Å². The summed E-state index contributed by atoms with van der Waals surface area (Å²) in [5.41, 5.74) is 2.40. The Morgan fingerprint density at radius 2 is 1.58 bits per heavy atom. The number of aryl methyl sites for hydroxylation is 1. The number of fused-ring (bicyclic) bond motifs is 1. The van der Waals surface area contributed by atoms with Crippen molar-refractivity contribution in [1.82, 2.24) is 0 Å². The number of alkyl halides is 3. The average molecular weight is 451 g/mol. The van der Waals surface area contributed by atoms with E-state index in [0.717, 1.165) is 40.5 Å².